The van der Waals surface area contributed by atoms with Gasteiger partial charge in [-0.1, -0.05) is 6.07 Å². The molecule has 2 rings (SSSR count). The lowest BCUT2D eigenvalue weighted by Gasteiger charge is -2.27. The Kier molecular flexibility index (Phi) is 3.18. The largest absolute Gasteiger partial charge is 0.478 e. The summed E-state index contributed by atoms with van der Waals surface area (Å²) >= 11 is 0. The Morgan fingerprint density at radius 1 is 1.47 bits per heavy atom. The molecular formula is C14H17NO2. The molecule has 0 aliphatic carbocycles. The van der Waals surface area contributed by atoms with Gasteiger partial charge in [0.05, 0.1) is 0 Å². The van der Waals surface area contributed by atoms with E-state index in [1.54, 1.807) is 0 Å². The number of anilines is 1. The second-order valence-corrected chi connectivity index (χ2v) is 4.53. The molecule has 0 fully saturated rings. The third kappa shape index (κ3) is 2.49. The molecule has 3 heteroatoms. The molecule has 0 saturated heterocycles. The molecule has 0 unspecified atom stereocenters. The van der Waals surface area contributed by atoms with Gasteiger partial charge in [0, 0.05) is 25.4 Å². The number of nitrogens with zero attached hydrogens (tertiary/aromatic N) is 1. The van der Waals surface area contributed by atoms with E-state index >= 15 is 0 Å². The van der Waals surface area contributed by atoms with Gasteiger partial charge in [0.25, 0.3) is 0 Å². The van der Waals surface area contributed by atoms with Gasteiger partial charge in [-0.2, -0.15) is 0 Å². The van der Waals surface area contributed by atoms with Crippen LogP contribution in [0.25, 0.3) is 5.57 Å². The number of carbonyl (C=O) groups is 1. The summed E-state index contributed by atoms with van der Waals surface area (Å²) in [6, 6.07) is 6.19. The SMILES string of the molecule is C/C(=C\C(=O)O)c1ccc2c(c1)CCCN2C. The van der Waals surface area contributed by atoms with E-state index in [1.165, 1.54) is 17.3 Å². The number of hydrogen-bond acceptors (Lipinski definition) is 2. The Balaban J connectivity index is 2.36. The van der Waals surface area contributed by atoms with E-state index in [4.69, 9.17) is 5.11 Å². The summed E-state index contributed by atoms with van der Waals surface area (Å²) in [5, 5.41) is 8.74. The van der Waals surface area contributed by atoms with Gasteiger partial charge in [0.15, 0.2) is 0 Å². The topological polar surface area (TPSA) is 40.5 Å². The van der Waals surface area contributed by atoms with E-state index in [0.717, 1.165) is 30.5 Å². The highest BCUT2D eigenvalue weighted by atomic mass is 16.4. The van der Waals surface area contributed by atoms with Crippen LogP contribution in [0.2, 0.25) is 0 Å². The monoisotopic (exact) mass is 231 g/mol. The molecule has 1 aliphatic heterocycles. The van der Waals surface area contributed by atoms with Crippen LogP contribution in [0.5, 0.6) is 0 Å². The lowest BCUT2D eigenvalue weighted by Crippen LogP contribution is -2.24. The van der Waals surface area contributed by atoms with Gasteiger partial charge in [-0.3, -0.25) is 0 Å². The van der Waals surface area contributed by atoms with Crippen LogP contribution in [0.15, 0.2) is 24.3 Å². The van der Waals surface area contributed by atoms with Crippen molar-refractivity contribution >= 4 is 17.2 Å². The van der Waals surface area contributed by atoms with Gasteiger partial charge < -0.3 is 10.0 Å². The number of aryl methyl sites for hydroxylation is 1. The molecule has 17 heavy (non-hydrogen) atoms. The van der Waals surface area contributed by atoms with Crippen molar-refractivity contribution in [1.82, 2.24) is 0 Å². The molecule has 0 atom stereocenters. The molecule has 1 N–H and O–H groups in total. The minimum atomic E-state index is -0.891. The Morgan fingerprint density at radius 2 is 2.24 bits per heavy atom. The van der Waals surface area contributed by atoms with Gasteiger partial charge in [0.1, 0.15) is 0 Å². The van der Waals surface area contributed by atoms with E-state index in [-0.39, 0.29) is 0 Å². The zero-order chi connectivity index (χ0) is 12.4. The fourth-order valence-electron chi connectivity index (χ4n) is 2.30. The summed E-state index contributed by atoms with van der Waals surface area (Å²) in [5.41, 5.74) is 4.38. The Bertz CT molecular complexity index is 477. The number of carboxylic acids is 1. The Hall–Kier alpha value is -1.77. The van der Waals surface area contributed by atoms with Crippen LogP contribution in [-0.4, -0.2) is 24.7 Å². The fraction of sp³-hybridized carbons (Fsp3) is 0.357. The van der Waals surface area contributed by atoms with Crippen LogP contribution < -0.4 is 4.90 Å². The van der Waals surface area contributed by atoms with Crippen LogP contribution in [0.1, 0.15) is 24.5 Å². The highest BCUT2D eigenvalue weighted by Crippen LogP contribution is 2.28. The van der Waals surface area contributed by atoms with Gasteiger partial charge in [-0.15, -0.1) is 0 Å². The Labute approximate surface area is 101 Å². The van der Waals surface area contributed by atoms with Crippen molar-refractivity contribution in [1.29, 1.82) is 0 Å². The maximum atomic E-state index is 10.6. The van der Waals surface area contributed by atoms with E-state index in [9.17, 15) is 4.79 Å². The number of hydrogen-bond donors (Lipinski definition) is 1. The standard InChI is InChI=1S/C14H17NO2/c1-10(8-14(16)17)11-5-6-13-12(9-11)4-3-7-15(13)2/h5-6,8-9H,3-4,7H2,1-2H3,(H,16,17)/b10-8+. The number of carboxylic acid groups (broad SMARTS) is 1. The quantitative estimate of drug-likeness (QED) is 0.795. The average Bonchev–Trinajstić information content (AvgIpc) is 2.28. The van der Waals surface area contributed by atoms with Crippen molar-refractivity contribution in [2.45, 2.75) is 19.8 Å². The molecule has 3 nitrogen and oxygen atoms in total. The predicted octanol–water partition coefficient (Wildman–Crippen LogP) is 2.56. The molecule has 0 aromatic heterocycles. The molecule has 0 saturated carbocycles. The van der Waals surface area contributed by atoms with Crippen molar-refractivity contribution in [3.8, 4) is 0 Å². The third-order valence-electron chi connectivity index (χ3n) is 3.23. The van der Waals surface area contributed by atoms with Crippen molar-refractivity contribution < 1.29 is 9.90 Å². The number of allylic oxidation sites excluding steroid dienone is 1. The van der Waals surface area contributed by atoms with Gasteiger partial charge in [0.2, 0.25) is 0 Å². The maximum absolute atomic E-state index is 10.6. The number of benzene rings is 1. The molecule has 0 radical (unpaired) electrons. The van der Waals surface area contributed by atoms with E-state index < -0.39 is 5.97 Å². The first-order chi connectivity index (χ1) is 8.08. The second kappa shape index (κ2) is 4.62. The number of aliphatic carboxylic acids is 1. The zero-order valence-electron chi connectivity index (χ0n) is 10.2. The first kappa shape index (κ1) is 11.7. The summed E-state index contributed by atoms with van der Waals surface area (Å²) < 4.78 is 0. The van der Waals surface area contributed by atoms with Gasteiger partial charge >= 0.3 is 5.97 Å². The number of rotatable bonds is 2. The average molecular weight is 231 g/mol. The Morgan fingerprint density at radius 3 is 2.94 bits per heavy atom. The molecule has 0 amide bonds. The van der Waals surface area contributed by atoms with Gasteiger partial charge in [-0.25, -0.2) is 4.79 Å². The summed E-state index contributed by atoms with van der Waals surface area (Å²) in [6.45, 7) is 2.93. The molecule has 0 spiro atoms. The smallest absolute Gasteiger partial charge is 0.328 e. The van der Waals surface area contributed by atoms with Crippen LogP contribution in [0.3, 0.4) is 0 Å². The van der Waals surface area contributed by atoms with Crippen molar-refractivity contribution in [3.63, 3.8) is 0 Å². The van der Waals surface area contributed by atoms with Crippen LogP contribution in [-0.2, 0) is 11.2 Å². The third-order valence-corrected chi connectivity index (χ3v) is 3.23. The first-order valence-corrected chi connectivity index (χ1v) is 5.83. The van der Waals surface area contributed by atoms with Crippen LogP contribution in [0, 0.1) is 0 Å². The maximum Gasteiger partial charge on any atom is 0.328 e. The van der Waals surface area contributed by atoms with E-state index in [2.05, 4.69) is 24.1 Å². The second-order valence-electron chi connectivity index (χ2n) is 4.53. The van der Waals surface area contributed by atoms with Crippen LogP contribution >= 0.6 is 0 Å². The summed E-state index contributed by atoms with van der Waals surface area (Å²) in [6.07, 6.45) is 3.50. The van der Waals surface area contributed by atoms with Gasteiger partial charge in [-0.05, 0) is 48.6 Å². The highest BCUT2D eigenvalue weighted by molar-refractivity contribution is 5.89. The van der Waals surface area contributed by atoms with Crippen LogP contribution in [0.4, 0.5) is 5.69 Å². The molecular weight excluding hydrogens is 214 g/mol. The lowest BCUT2D eigenvalue weighted by atomic mass is 9.97. The van der Waals surface area contributed by atoms with Crippen molar-refractivity contribution in [2.24, 2.45) is 0 Å². The minimum absolute atomic E-state index is 0.800. The molecule has 0 bridgehead atoms. The first-order valence-electron chi connectivity index (χ1n) is 5.83. The zero-order valence-corrected chi connectivity index (χ0v) is 10.2. The molecule has 1 aromatic carbocycles. The van der Waals surface area contributed by atoms with Crippen molar-refractivity contribution in [3.05, 3.63) is 35.4 Å². The summed E-state index contributed by atoms with van der Waals surface area (Å²) in [4.78, 5) is 12.9. The molecule has 1 aliphatic rings. The molecule has 90 valence electrons. The number of fused-ring (bicyclic) bond motifs is 1. The highest BCUT2D eigenvalue weighted by Gasteiger charge is 2.14. The fourth-order valence-corrected chi connectivity index (χ4v) is 2.30. The van der Waals surface area contributed by atoms with Crippen molar-refractivity contribution in [2.75, 3.05) is 18.5 Å². The summed E-state index contributed by atoms with van der Waals surface area (Å²) in [7, 11) is 2.09. The summed E-state index contributed by atoms with van der Waals surface area (Å²) in [5.74, 6) is -0.891. The molecule has 1 heterocycles. The predicted molar refractivity (Wildman–Crippen MR) is 69.3 cm³/mol. The van der Waals surface area contributed by atoms with E-state index in [1.807, 2.05) is 13.0 Å². The minimum Gasteiger partial charge on any atom is -0.478 e. The van der Waals surface area contributed by atoms with E-state index in [0.29, 0.717) is 0 Å². The lowest BCUT2D eigenvalue weighted by molar-refractivity contribution is -0.131. The molecule has 1 aromatic rings. The normalized spacial score (nSPS) is 15.6.